The third-order valence-electron chi connectivity index (χ3n) is 3.54. The van der Waals surface area contributed by atoms with Crippen molar-refractivity contribution in [1.29, 1.82) is 0 Å². The van der Waals surface area contributed by atoms with Crippen LogP contribution in [0.15, 0.2) is 23.2 Å². The zero-order chi connectivity index (χ0) is 14.5. The van der Waals surface area contributed by atoms with Crippen molar-refractivity contribution in [2.45, 2.75) is 19.3 Å². The smallest absolute Gasteiger partial charge is 0.407 e. The van der Waals surface area contributed by atoms with Gasteiger partial charge in [-0.1, -0.05) is 18.1 Å². The van der Waals surface area contributed by atoms with Gasteiger partial charge in [0.1, 0.15) is 0 Å². The van der Waals surface area contributed by atoms with Gasteiger partial charge in [0.2, 0.25) is 0 Å². The number of nitrogens with zero attached hydrogens (tertiary/aromatic N) is 2. The lowest BCUT2D eigenvalue weighted by Gasteiger charge is -2.13. The zero-order valence-corrected chi connectivity index (χ0v) is 11.6. The number of rotatable bonds is 4. The number of aliphatic imine (C=N–C) groups is 1. The van der Waals surface area contributed by atoms with Gasteiger partial charge in [-0.25, -0.2) is 4.79 Å². The number of aryl methyl sites for hydroxylation is 1. The Morgan fingerprint density at radius 3 is 3.00 bits per heavy atom. The maximum Gasteiger partial charge on any atom is 0.407 e. The highest BCUT2D eigenvalue weighted by atomic mass is 16.4. The summed E-state index contributed by atoms with van der Waals surface area (Å²) in [6.45, 7) is 0.908. The van der Waals surface area contributed by atoms with Crippen molar-refractivity contribution >= 4 is 11.8 Å². The SMILES string of the molecule is C#CCN=C1CCc2ccc(CCN(C)C(=O)O)cc21. The van der Waals surface area contributed by atoms with Crippen molar-refractivity contribution in [2.24, 2.45) is 4.99 Å². The Kier molecular flexibility index (Phi) is 4.41. The molecule has 1 N–H and O–H groups in total. The van der Waals surface area contributed by atoms with E-state index in [0.717, 1.165) is 24.1 Å². The standard InChI is InChI=1S/C16H18N2O2/c1-3-9-17-15-7-6-13-5-4-12(11-14(13)15)8-10-18(2)16(19)20/h1,4-5,11H,6-10H2,2H3,(H,19,20). The topological polar surface area (TPSA) is 52.9 Å². The Hall–Kier alpha value is -2.28. The van der Waals surface area contributed by atoms with Gasteiger partial charge in [0.15, 0.2) is 0 Å². The van der Waals surface area contributed by atoms with Crippen molar-refractivity contribution in [3.05, 3.63) is 34.9 Å². The fourth-order valence-electron chi connectivity index (χ4n) is 2.35. The van der Waals surface area contributed by atoms with Gasteiger partial charge in [0, 0.05) is 19.3 Å². The van der Waals surface area contributed by atoms with E-state index in [1.54, 1.807) is 7.05 Å². The van der Waals surface area contributed by atoms with E-state index < -0.39 is 6.09 Å². The van der Waals surface area contributed by atoms with Gasteiger partial charge >= 0.3 is 6.09 Å². The third-order valence-corrected chi connectivity index (χ3v) is 3.54. The number of benzene rings is 1. The zero-order valence-electron chi connectivity index (χ0n) is 11.6. The lowest BCUT2D eigenvalue weighted by molar-refractivity contribution is 0.156. The van der Waals surface area contributed by atoms with Crippen LogP contribution in [0.4, 0.5) is 4.79 Å². The van der Waals surface area contributed by atoms with Gasteiger partial charge in [-0.05, 0) is 42.0 Å². The highest BCUT2D eigenvalue weighted by molar-refractivity contribution is 6.04. The second kappa shape index (κ2) is 6.25. The molecule has 0 fully saturated rings. The Morgan fingerprint density at radius 2 is 2.30 bits per heavy atom. The van der Waals surface area contributed by atoms with Crippen molar-refractivity contribution < 1.29 is 9.90 Å². The first-order valence-electron chi connectivity index (χ1n) is 6.65. The summed E-state index contributed by atoms with van der Waals surface area (Å²) in [5.74, 6) is 2.53. The molecule has 0 saturated heterocycles. The normalized spacial score (nSPS) is 14.9. The highest BCUT2D eigenvalue weighted by Crippen LogP contribution is 2.24. The Labute approximate surface area is 119 Å². The number of carbonyl (C=O) groups is 1. The molecule has 0 heterocycles. The monoisotopic (exact) mass is 270 g/mol. The average molecular weight is 270 g/mol. The molecule has 20 heavy (non-hydrogen) atoms. The largest absolute Gasteiger partial charge is 0.465 e. The van der Waals surface area contributed by atoms with Crippen molar-refractivity contribution in [3.8, 4) is 12.3 Å². The molecule has 0 atom stereocenters. The predicted molar refractivity (Wildman–Crippen MR) is 79.4 cm³/mol. The Morgan fingerprint density at radius 1 is 1.50 bits per heavy atom. The van der Waals surface area contributed by atoms with E-state index >= 15 is 0 Å². The molecule has 0 unspecified atom stereocenters. The van der Waals surface area contributed by atoms with Crippen molar-refractivity contribution in [3.63, 3.8) is 0 Å². The molecule has 104 valence electrons. The molecule has 1 amide bonds. The van der Waals surface area contributed by atoms with Crippen LogP contribution in [0.5, 0.6) is 0 Å². The summed E-state index contributed by atoms with van der Waals surface area (Å²) in [7, 11) is 1.58. The molecule has 1 aromatic rings. The van der Waals surface area contributed by atoms with Crippen LogP contribution in [-0.4, -0.2) is 41.9 Å². The average Bonchev–Trinajstić information content (AvgIpc) is 2.84. The quantitative estimate of drug-likeness (QED) is 0.853. The lowest BCUT2D eigenvalue weighted by atomic mass is 10.0. The minimum atomic E-state index is -0.901. The van der Waals surface area contributed by atoms with E-state index in [-0.39, 0.29) is 0 Å². The molecule has 0 radical (unpaired) electrons. The molecule has 0 spiro atoms. The summed E-state index contributed by atoms with van der Waals surface area (Å²) < 4.78 is 0. The molecular weight excluding hydrogens is 252 g/mol. The van der Waals surface area contributed by atoms with Crippen LogP contribution < -0.4 is 0 Å². The van der Waals surface area contributed by atoms with E-state index in [2.05, 4.69) is 29.1 Å². The van der Waals surface area contributed by atoms with Crippen LogP contribution in [0.25, 0.3) is 0 Å². The second-order valence-electron chi connectivity index (χ2n) is 4.91. The van der Waals surface area contributed by atoms with Crippen LogP contribution >= 0.6 is 0 Å². The number of hydrogen-bond acceptors (Lipinski definition) is 2. The molecule has 2 rings (SSSR count). The van der Waals surface area contributed by atoms with Crippen LogP contribution in [0.3, 0.4) is 0 Å². The van der Waals surface area contributed by atoms with Crippen molar-refractivity contribution in [1.82, 2.24) is 4.90 Å². The number of fused-ring (bicyclic) bond motifs is 1. The van der Waals surface area contributed by atoms with Gasteiger partial charge in [-0.3, -0.25) is 4.99 Å². The van der Waals surface area contributed by atoms with E-state index in [1.165, 1.54) is 16.0 Å². The van der Waals surface area contributed by atoms with Gasteiger partial charge in [0.05, 0.1) is 6.54 Å². The molecule has 0 saturated carbocycles. The number of terminal acetylenes is 1. The molecule has 1 aliphatic rings. The maximum absolute atomic E-state index is 10.8. The van der Waals surface area contributed by atoms with Crippen LogP contribution in [0, 0.1) is 12.3 Å². The van der Waals surface area contributed by atoms with E-state index in [1.807, 2.05) is 0 Å². The predicted octanol–water partition coefficient (Wildman–Crippen LogP) is 2.21. The molecule has 0 aromatic heterocycles. The van der Waals surface area contributed by atoms with E-state index in [9.17, 15) is 4.79 Å². The van der Waals surface area contributed by atoms with Crippen LogP contribution in [0.1, 0.15) is 23.1 Å². The molecule has 1 aromatic carbocycles. The summed E-state index contributed by atoms with van der Waals surface area (Å²) >= 11 is 0. The Balaban J connectivity index is 2.11. The molecule has 0 bridgehead atoms. The van der Waals surface area contributed by atoms with Crippen molar-refractivity contribution in [2.75, 3.05) is 20.1 Å². The minimum absolute atomic E-state index is 0.417. The summed E-state index contributed by atoms with van der Waals surface area (Å²) in [6.07, 6.45) is 7.00. The first-order valence-corrected chi connectivity index (χ1v) is 6.65. The number of hydrogen-bond donors (Lipinski definition) is 1. The van der Waals surface area contributed by atoms with Crippen LogP contribution in [-0.2, 0) is 12.8 Å². The fraction of sp³-hybridized carbons (Fsp3) is 0.375. The molecule has 1 aliphatic carbocycles. The minimum Gasteiger partial charge on any atom is -0.465 e. The van der Waals surface area contributed by atoms with Gasteiger partial charge in [0.25, 0.3) is 0 Å². The summed E-state index contributed by atoms with van der Waals surface area (Å²) in [5, 5.41) is 8.84. The summed E-state index contributed by atoms with van der Waals surface area (Å²) in [4.78, 5) is 16.5. The van der Waals surface area contributed by atoms with E-state index in [0.29, 0.717) is 19.5 Å². The molecule has 0 aliphatic heterocycles. The summed E-state index contributed by atoms with van der Waals surface area (Å²) in [6, 6.07) is 6.30. The number of carboxylic acid groups (broad SMARTS) is 1. The summed E-state index contributed by atoms with van der Waals surface area (Å²) in [5.41, 5.74) is 4.69. The van der Waals surface area contributed by atoms with Gasteiger partial charge in [-0.15, -0.1) is 6.42 Å². The van der Waals surface area contributed by atoms with Crippen LogP contribution in [0.2, 0.25) is 0 Å². The fourth-order valence-corrected chi connectivity index (χ4v) is 2.35. The first-order chi connectivity index (χ1) is 9.61. The maximum atomic E-state index is 10.8. The molecular formula is C16H18N2O2. The molecule has 4 heteroatoms. The Bertz CT molecular complexity index is 585. The first kappa shape index (κ1) is 14.1. The number of likely N-dealkylation sites (N-methyl/N-ethyl adjacent to an activating group) is 1. The second-order valence-corrected chi connectivity index (χ2v) is 4.91. The van der Waals surface area contributed by atoms with Gasteiger partial charge < -0.3 is 10.0 Å². The highest BCUT2D eigenvalue weighted by Gasteiger charge is 2.17. The van der Waals surface area contributed by atoms with Gasteiger partial charge in [-0.2, -0.15) is 0 Å². The lowest BCUT2D eigenvalue weighted by Crippen LogP contribution is -2.26. The molecule has 4 nitrogen and oxygen atoms in total. The third kappa shape index (κ3) is 3.18. The number of amides is 1. The van der Waals surface area contributed by atoms with E-state index in [4.69, 9.17) is 11.5 Å².